The average Bonchev–Trinajstić information content (AvgIpc) is 2.65. The molecule has 2 aromatic rings. The Bertz CT molecular complexity index is 463. The standard InChI is InChI=1S/C10H10N4O/c1-14-3-2-9(13-14)4-10(15)8-5-11-7-12-6-8/h2-3,5-7H,4H2,1H3. The molecule has 15 heavy (non-hydrogen) atoms. The number of Topliss-reactive ketones (excluding diaryl/α,β-unsaturated/α-hetero) is 1. The Morgan fingerprint density at radius 2 is 2.13 bits per heavy atom. The number of aromatic nitrogens is 4. The second-order valence-electron chi connectivity index (χ2n) is 3.21. The molecule has 2 rings (SSSR count). The molecule has 0 fully saturated rings. The van der Waals surface area contributed by atoms with Crippen molar-refractivity contribution in [3.8, 4) is 0 Å². The summed E-state index contributed by atoms with van der Waals surface area (Å²) in [5.41, 5.74) is 1.27. The molecule has 5 heteroatoms. The fraction of sp³-hybridized carbons (Fsp3) is 0.200. The van der Waals surface area contributed by atoms with Crippen LogP contribution >= 0.6 is 0 Å². The number of hydrogen-bond donors (Lipinski definition) is 0. The van der Waals surface area contributed by atoms with E-state index in [-0.39, 0.29) is 12.2 Å². The molecule has 0 aliphatic heterocycles. The summed E-state index contributed by atoms with van der Waals surface area (Å²) in [5, 5.41) is 4.13. The Balaban J connectivity index is 2.11. The summed E-state index contributed by atoms with van der Waals surface area (Å²) in [6.45, 7) is 0. The van der Waals surface area contributed by atoms with Crippen molar-refractivity contribution < 1.29 is 4.79 Å². The van der Waals surface area contributed by atoms with Gasteiger partial charge >= 0.3 is 0 Å². The van der Waals surface area contributed by atoms with Gasteiger partial charge in [0.2, 0.25) is 0 Å². The Hall–Kier alpha value is -2.04. The lowest BCUT2D eigenvalue weighted by Crippen LogP contribution is -2.05. The molecule has 0 saturated carbocycles. The van der Waals surface area contributed by atoms with Crippen LogP contribution in [0.3, 0.4) is 0 Å². The van der Waals surface area contributed by atoms with Crippen molar-refractivity contribution >= 4 is 5.78 Å². The molecule has 0 N–H and O–H groups in total. The molecular formula is C10H10N4O. The third kappa shape index (κ3) is 2.25. The summed E-state index contributed by atoms with van der Waals surface area (Å²) in [4.78, 5) is 19.3. The Morgan fingerprint density at radius 3 is 2.73 bits per heavy atom. The van der Waals surface area contributed by atoms with Crippen LogP contribution in [0.1, 0.15) is 16.1 Å². The SMILES string of the molecule is Cn1ccc(CC(=O)c2cncnc2)n1. The van der Waals surface area contributed by atoms with E-state index in [1.54, 1.807) is 4.68 Å². The Kier molecular flexibility index (Phi) is 2.53. The summed E-state index contributed by atoms with van der Waals surface area (Å²) in [6.07, 6.45) is 6.52. The van der Waals surface area contributed by atoms with Crippen molar-refractivity contribution in [2.75, 3.05) is 0 Å². The number of carbonyl (C=O) groups excluding carboxylic acids is 1. The van der Waals surface area contributed by atoms with E-state index in [0.717, 1.165) is 5.69 Å². The first-order valence-corrected chi connectivity index (χ1v) is 4.52. The Morgan fingerprint density at radius 1 is 1.40 bits per heavy atom. The average molecular weight is 202 g/mol. The molecule has 2 aromatic heterocycles. The van der Waals surface area contributed by atoms with Gasteiger partial charge in [-0.1, -0.05) is 0 Å². The molecule has 0 spiro atoms. The van der Waals surface area contributed by atoms with Crippen molar-refractivity contribution in [3.63, 3.8) is 0 Å². The highest BCUT2D eigenvalue weighted by atomic mass is 16.1. The zero-order valence-corrected chi connectivity index (χ0v) is 8.29. The van der Waals surface area contributed by atoms with Crippen LogP contribution in [0.4, 0.5) is 0 Å². The highest BCUT2D eigenvalue weighted by Crippen LogP contribution is 2.02. The number of carbonyl (C=O) groups is 1. The first-order chi connectivity index (χ1) is 7.25. The van der Waals surface area contributed by atoms with Gasteiger partial charge in [-0.05, 0) is 6.07 Å². The minimum atomic E-state index is -0.0192. The van der Waals surface area contributed by atoms with Crippen LogP contribution in [0.25, 0.3) is 0 Å². The molecule has 0 radical (unpaired) electrons. The quantitative estimate of drug-likeness (QED) is 0.685. The van der Waals surface area contributed by atoms with E-state index in [0.29, 0.717) is 5.56 Å². The highest BCUT2D eigenvalue weighted by Gasteiger charge is 2.08. The van der Waals surface area contributed by atoms with Crippen molar-refractivity contribution in [2.24, 2.45) is 7.05 Å². The maximum atomic E-state index is 11.7. The fourth-order valence-electron chi connectivity index (χ4n) is 1.27. The molecule has 2 heterocycles. The van der Waals surface area contributed by atoms with E-state index in [4.69, 9.17) is 0 Å². The van der Waals surface area contributed by atoms with Gasteiger partial charge in [-0.15, -0.1) is 0 Å². The molecule has 0 saturated heterocycles. The van der Waals surface area contributed by atoms with Crippen LogP contribution in [0.5, 0.6) is 0 Å². The lowest BCUT2D eigenvalue weighted by atomic mass is 10.1. The van der Waals surface area contributed by atoms with Gasteiger partial charge in [-0.2, -0.15) is 5.10 Å². The van der Waals surface area contributed by atoms with Gasteiger partial charge in [0.1, 0.15) is 6.33 Å². The molecule has 0 aromatic carbocycles. The van der Waals surface area contributed by atoms with E-state index < -0.39 is 0 Å². The lowest BCUT2D eigenvalue weighted by Gasteiger charge is -1.96. The monoisotopic (exact) mass is 202 g/mol. The van der Waals surface area contributed by atoms with Crippen LogP contribution in [-0.2, 0) is 13.5 Å². The van der Waals surface area contributed by atoms with Gasteiger partial charge in [-0.3, -0.25) is 9.48 Å². The zero-order valence-electron chi connectivity index (χ0n) is 8.29. The minimum absolute atomic E-state index is 0.0192. The predicted molar refractivity (Wildman–Crippen MR) is 53.3 cm³/mol. The van der Waals surface area contributed by atoms with Gasteiger partial charge in [0.05, 0.1) is 17.7 Å². The third-order valence-electron chi connectivity index (χ3n) is 1.99. The number of rotatable bonds is 3. The molecule has 0 amide bonds. The predicted octanol–water partition coefficient (Wildman–Crippen LogP) is 0.635. The minimum Gasteiger partial charge on any atom is -0.294 e. The molecule has 0 atom stereocenters. The molecular weight excluding hydrogens is 192 g/mol. The van der Waals surface area contributed by atoms with Crippen LogP contribution in [0.15, 0.2) is 31.0 Å². The van der Waals surface area contributed by atoms with Gasteiger partial charge in [0.15, 0.2) is 5.78 Å². The molecule has 0 unspecified atom stereocenters. The number of nitrogens with zero attached hydrogens (tertiary/aromatic N) is 4. The highest BCUT2D eigenvalue weighted by molar-refractivity contribution is 5.96. The topological polar surface area (TPSA) is 60.7 Å². The van der Waals surface area contributed by atoms with Gasteiger partial charge in [0, 0.05) is 25.6 Å². The third-order valence-corrected chi connectivity index (χ3v) is 1.99. The van der Waals surface area contributed by atoms with E-state index in [1.807, 2.05) is 19.3 Å². The largest absolute Gasteiger partial charge is 0.294 e. The van der Waals surface area contributed by atoms with Crippen molar-refractivity contribution in [3.05, 3.63) is 42.2 Å². The molecule has 5 nitrogen and oxygen atoms in total. The molecule has 0 aliphatic rings. The second kappa shape index (κ2) is 4.00. The number of hydrogen-bond acceptors (Lipinski definition) is 4. The van der Waals surface area contributed by atoms with E-state index in [1.165, 1.54) is 18.7 Å². The smallest absolute Gasteiger partial charge is 0.171 e. The lowest BCUT2D eigenvalue weighted by molar-refractivity contribution is 0.0991. The molecule has 0 aliphatic carbocycles. The van der Waals surface area contributed by atoms with Crippen LogP contribution < -0.4 is 0 Å². The van der Waals surface area contributed by atoms with Gasteiger partial charge < -0.3 is 0 Å². The second-order valence-corrected chi connectivity index (χ2v) is 3.21. The molecule has 0 bridgehead atoms. The van der Waals surface area contributed by atoms with Crippen molar-refractivity contribution in [1.29, 1.82) is 0 Å². The number of aryl methyl sites for hydroxylation is 1. The van der Waals surface area contributed by atoms with Crippen molar-refractivity contribution in [1.82, 2.24) is 19.7 Å². The summed E-state index contributed by atoms with van der Waals surface area (Å²) < 4.78 is 1.67. The van der Waals surface area contributed by atoms with Crippen molar-refractivity contribution in [2.45, 2.75) is 6.42 Å². The van der Waals surface area contributed by atoms with E-state index in [9.17, 15) is 4.79 Å². The summed E-state index contributed by atoms with van der Waals surface area (Å²) in [5.74, 6) is -0.0192. The maximum absolute atomic E-state index is 11.7. The van der Waals surface area contributed by atoms with E-state index in [2.05, 4.69) is 15.1 Å². The first kappa shape index (κ1) is 9.51. The normalized spacial score (nSPS) is 10.2. The van der Waals surface area contributed by atoms with Gasteiger partial charge in [-0.25, -0.2) is 9.97 Å². The summed E-state index contributed by atoms with van der Waals surface area (Å²) in [6, 6.07) is 1.82. The fourth-order valence-corrected chi connectivity index (χ4v) is 1.27. The Labute approximate surface area is 86.8 Å². The first-order valence-electron chi connectivity index (χ1n) is 4.52. The van der Waals surface area contributed by atoms with E-state index >= 15 is 0 Å². The van der Waals surface area contributed by atoms with Crippen LogP contribution in [0, 0.1) is 0 Å². The zero-order chi connectivity index (χ0) is 10.7. The van der Waals surface area contributed by atoms with Gasteiger partial charge in [0.25, 0.3) is 0 Å². The number of ketones is 1. The van der Waals surface area contributed by atoms with Crippen LogP contribution in [0.2, 0.25) is 0 Å². The van der Waals surface area contributed by atoms with Crippen LogP contribution in [-0.4, -0.2) is 25.5 Å². The maximum Gasteiger partial charge on any atom is 0.171 e. The molecule has 76 valence electrons. The summed E-state index contributed by atoms with van der Waals surface area (Å²) in [7, 11) is 1.82. The summed E-state index contributed by atoms with van der Waals surface area (Å²) >= 11 is 0.